The zero-order chi connectivity index (χ0) is 21.4. The molecule has 2 aromatic heterocycles. The number of carbonyl (C=O) groups excluding carboxylic acids is 3. The lowest BCUT2D eigenvalue weighted by Gasteiger charge is -2.06. The number of aromatic nitrogens is 1. The maximum absolute atomic E-state index is 12.8. The second-order valence-corrected chi connectivity index (χ2v) is 8.38. The van der Waals surface area contributed by atoms with E-state index in [9.17, 15) is 14.4 Å². The SMILES string of the molecule is O=C(Cn1cc(C=C2C(=O)c3ccccc3C2=O)c2ccccc21)NCc1cccs1. The summed E-state index contributed by atoms with van der Waals surface area (Å²) in [6.07, 6.45) is 3.47. The van der Waals surface area contributed by atoms with Crippen LogP contribution in [0.3, 0.4) is 0 Å². The molecule has 0 saturated carbocycles. The first kappa shape index (κ1) is 19.2. The maximum atomic E-state index is 12.8. The van der Waals surface area contributed by atoms with Gasteiger partial charge in [0.05, 0.1) is 12.1 Å². The first-order valence-electron chi connectivity index (χ1n) is 9.89. The van der Waals surface area contributed by atoms with Crippen molar-refractivity contribution in [3.63, 3.8) is 0 Å². The molecule has 0 bridgehead atoms. The van der Waals surface area contributed by atoms with Crippen LogP contribution in [0.4, 0.5) is 0 Å². The summed E-state index contributed by atoms with van der Waals surface area (Å²) >= 11 is 1.60. The molecule has 0 atom stereocenters. The third-order valence-corrected chi connectivity index (χ3v) is 6.26. The number of amides is 1. The van der Waals surface area contributed by atoms with E-state index in [1.165, 1.54) is 0 Å². The summed E-state index contributed by atoms with van der Waals surface area (Å²) in [6.45, 7) is 0.644. The molecule has 0 spiro atoms. The van der Waals surface area contributed by atoms with Crippen molar-refractivity contribution in [1.82, 2.24) is 9.88 Å². The van der Waals surface area contributed by atoms with Gasteiger partial charge in [0.2, 0.25) is 5.91 Å². The van der Waals surface area contributed by atoms with Crippen molar-refractivity contribution >= 4 is 45.8 Å². The van der Waals surface area contributed by atoms with Crippen LogP contribution in [0.2, 0.25) is 0 Å². The number of ketones is 2. The summed E-state index contributed by atoms with van der Waals surface area (Å²) in [6, 6.07) is 18.5. The van der Waals surface area contributed by atoms with Crippen LogP contribution in [-0.2, 0) is 17.9 Å². The summed E-state index contributed by atoms with van der Waals surface area (Å²) in [5.41, 5.74) is 2.65. The van der Waals surface area contributed by atoms with E-state index in [-0.39, 0.29) is 29.6 Å². The molecule has 1 aliphatic rings. The number of benzene rings is 2. The zero-order valence-electron chi connectivity index (χ0n) is 16.5. The molecule has 2 heterocycles. The third kappa shape index (κ3) is 3.51. The van der Waals surface area contributed by atoms with Gasteiger partial charge in [0, 0.05) is 38.7 Å². The average Bonchev–Trinajstić information content (AvgIpc) is 3.49. The summed E-state index contributed by atoms with van der Waals surface area (Å²) in [5.74, 6) is -0.619. The van der Waals surface area contributed by atoms with Gasteiger partial charge in [-0.2, -0.15) is 0 Å². The smallest absolute Gasteiger partial charge is 0.240 e. The first-order valence-corrected chi connectivity index (χ1v) is 10.8. The molecule has 1 aliphatic carbocycles. The molecule has 0 unspecified atom stereocenters. The normalized spacial score (nSPS) is 13.0. The monoisotopic (exact) mass is 426 g/mol. The van der Waals surface area contributed by atoms with Crippen LogP contribution in [0.15, 0.2) is 77.8 Å². The lowest BCUT2D eigenvalue weighted by atomic mass is 10.1. The van der Waals surface area contributed by atoms with Gasteiger partial charge in [-0.3, -0.25) is 14.4 Å². The highest BCUT2D eigenvalue weighted by molar-refractivity contribution is 7.09. The maximum Gasteiger partial charge on any atom is 0.240 e. The highest BCUT2D eigenvalue weighted by atomic mass is 32.1. The lowest BCUT2D eigenvalue weighted by molar-refractivity contribution is -0.121. The first-order chi connectivity index (χ1) is 15.1. The minimum atomic E-state index is -0.258. The molecule has 4 aromatic rings. The lowest BCUT2D eigenvalue weighted by Crippen LogP contribution is -2.26. The molecule has 5 nitrogen and oxygen atoms in total. The third-order valence-electron chi connectivity index (χ3n) is 5.38. The van der Waals surface area contributed by atoms with E-state index in [1.54, 1.807) is 41.7 Å². The van der Waals surface area contributed by atoms with Crippen molar-refractivity contribution in [3.05, 3.63) is 99.4 Å². The molecule has 1 N–H and O–H groups in total. The van der Waals surface area contributed by atoms with Crippen molar-refractivity contribution < 1.29 is 14.4 Å². The van der Waals surface area contributed by atoms with E-state index >= 15 is 0 Å². The molecular weight excluding hydrogens is 408 g/mol. The van der Waals surface area contributed by atoms with E-state index < -0.39 is 0 Å². The van der Waals surface area contributed by atoms with Crippen LogP contribution < -0.4 is 5.32 Å². The van der Waals surface area contributed by atoms with Gasteiger partial charge >= 0.3 is 0 Å². The average molecular weight is 426 g/mol. The van der Waals surface area contributed by atoms with Crippen LogP contribution in [0.5, 0.6) is 0 Å². The minimum absolute atomic E-state index is 0.103. The van der Waals surface area contributed by atoms with Crippen LogP contribution >= 0.6 is 11.3 Å². The standard InChI is InChI=1S/C25H18N2O3S/c28-23(26-13-17-6-5-11-31-17)15-27-14-16(18-7-3-4-10-22(18)27)12-21-24(29)19-8-1-2-9-20(19)25(21)30/h1-12,14H,13,15H2,(H,26,28). The number of thiophene rings is 1. The van der Waals surface area contributed by atoms with Crippen LogP contribution in [-0.4, -0.2) is 22.0 Å². The summed E-state index contributed by atoms with van der Waals surface area (Å²) in [5, 5.41) is 5.80. The minimum Gasteiger partial charge on any atom is -0.350 e. The number of nitrogens with one attached hydrogen (secondary N) is 1. The Morgan fingerprint density at radius 3 is 2.35 bits per heavy atom. The van der Waals surface area contributed by atoms with E-state index in [2.05, 4.69) is 5.32 Å². The number of hydrogen-bond donors (Lipinski definition) is 1. The predicted molar refractivity (Wildman–Crippen MR) is 121 cm³/mol. The van der Waals surface area contributed by atoms with E-state index in [1.807, 2.05) is 52.5 Å². The van der Waals surface area contributed by atoms with Gasteiger partial charge in [-0.15, -0.1) is 11.3 Å². The number of nitrogens with zero attached hydrogens (tertiary/aromatic N) is 1. The number of para-hydroxylation sites is 1. The Balaban J connectivity index is 1.46. The zero-order valence-corrected chi connectivity index (χ0v) is 17.3. The molecule has 0 aliphatic heterocycles. The Kier molecular flexibility index (Phi) is 4.84. The fourth-order valence-electron chi connectivity index (χ4n) is 3.89. The van der Waals surface area contributed by atoms with Crippen LogP contribution in [0.1, 0.15) is 31.2 Å². The van der Waals surface area contributed by atoms with Crippen molar-refractivity contribution in [2.45, 2.75) is 13.1 Å². The molecule has 31 heavy (non-hydrogen) atoms. The molecular formula is C25H18N2O3S. The van der Waals surface area contributed by atoms with Gasteiger partial charge in [0.25, 0.3) is 0 Å². The van der Waals surface area contributed by atoms with Crippen LogP contribution in [0, 0.1) is 0 Å². The Morgan fingerprint density at radius 1 is 0.935 bits per heavy atom. The highest BCUT2D eigenvalue weighted by Gasteiger charge is 2.32. The summed E-state index contributed by atoms with van der Waals surface area (Å²) in [4.78, 5) is 39.1. The Bertz CT molecular complexity index is 1330. The molecule has 6 heteroatoms. The van der Waals surface area contributed by atoms with Crippen molar-refractivity contribution in [1.29, 1.82) is 0 Å². The Morgan fingerprint density at radius 2 is 1.65 bits per heavy atom. The Hall–Kier alpha value is -3.77. The fraction of sp³-hybridized carbons (Fsp3) is 0.0800. The van der Waals surface area contributed by atoms with E-state index in [0.29, 0.717) is 17.7 Å². The number of allylic oxidation sites excluding steroid dienone is 1. The summed E-state index contributed by atoms with van der Waals surface area (Å²) < 4.78 is 1.85. The molecule has 5 rings (SSSR count). The number of hydrogen-bond acceptors (Lipinski definition) is 4. The molecule has 2 aromatic carbocycles. The van der Waals surface area contributed by atoms with Gasteiger partial charge < -0.3 is 9.88 Å². The molecule has 0 radical (unpaired) electrons. The van der Waals surface area contributed by atoms with E-state index in [4.69, 9.17) is 0 Å². The van der Waals surface area contributed by atoms with Gasteiger partial charge in [-0.1, -0.05) is 48.5 Å². The van der Waals surface area contributed by atoms with Gasteiger partial charge in [0.1, 0.15) is 6.54 Å². The molecule has 152 valence electrons. The molecule has 0 fully saturated rings. The van der Waals surface area contributed by atoms with Gasteiger partial charge in [-0.25, -0.2) is 0 Å². The largest absolute Gasteiger partial charge is 0.350 e. The fourth-order valence-corrected chi connectivity index (χ4v) is 4.53. The van der Waals surface area contributed by atoms with Crippen molar-refractivity contribution in [3.8, 4) is 0 Å². The quantitative estimate of drug-likeness (QED) is 0.378. The van der Waals surface area contributed by atoms with Crippen LogP contribution in [0.25, 0.3) is 17.0 Å². The Labute approximate surface area is 182 Å². The van der Waals surface area contributed by atoms with Gasteiger partial charge in [-0.05, 0) is 23.6 Å². The topological polar surface area (TPSA) is 68.2 Å². The molecule has 0 saturated heterocycles. The second-order valence-electron chi connectivity index (χ2n) is 7.35. The van der Waals surface area contributed by atoms with E-state index in [0.717, 1.165) is 21.3 Å². The van der Waals surface area contributed by atoms with Gasteiger partial charge in [0.15, 0.2) is 11.6 Å². The number of rotatable bonds is 5. The van der Waals surface area contributed by atoms with Crippen molar-refractivity contribution in [2.24, 2.45) is 0 Å². The molecule has 1 amide bonds. The number of fused-ring (bicyclic) bond motifs is 2. The second kappa shape index (κ2) is 7.81. The predicted octanol–water partition coefficient (Wildman–Crippen LogP) is 4.48. The highest BCUT2D eigenvalue weighted by Crippen LogP contribution is 2.30. The number of Topliss-reactive ketones (excluding diaryl/α,β-unsaturated/α-hetero) is 2. The number of carbonyl (C=O) groups is 3. The van der Waals surface area contributed by atoms with Crippen molar-refractivity contribution in [2.75, 3.05) is 0 Å². The summed E-state index contributed by atoms with van der Waals surface area (Å²) in [7, 11) is 0.